The molecule has 0 unspecified atom stereocenters. The second-order valence-electron chi connectivity index (χ2n) is 0.346. The topological polar surface area (TPSA) is 60.7 Å². The molecule has 0 spiro atoms. The van der Waals surface area contributed by atoms with Crippen molar-refractivity contribution < 1.29 is 123 Å². The minimum atomic E-state index is -2.17. The third kappa shape index (κ3) is 247. The van der Waals surface area contributed by atoms with Gasteiger partial charge in [-0.1, -0.05) is 0 Å². The van der Waals surface area contributed by atoms with Gasteiger partial charge in [-0.05, 0) is 0 Å². The molecule has 0 radical (unpaired) electrons. The molecule has 0 aliphatic rings. The fourth-order valence-corrected chi connectivity index (χ4v) is 0. The van der Waals surface area contributed by atoms with Crippen molar-refractivity contribution >= 4 is 7.32 Å². The standard InChI is InChI=1S/4Ag.BH3O3.4FH/c;;;;2-1(3)4;;;;/h;;;;2-4H;4*1H/q4*+1;;;;;/p-4. The maximum Gasteiger partial charge on any atom is 1.00 e. The smallest absolute Gasteiger partial charge is 1.00 e. The van der Waals surface area contributed by atoms with Gasteiger partial charge in [0.2, 0.25) is 0 Å². The Hall–Kier alpha value is 2.63. The molecule has 0 aliphatic carbocycles. The molecular formula is H3Ag4BF4O3. The van der Waals surface area contributed by atoms with Crippen LogP contribution in [0.2, 0.25) is 0 Å². The van der Waals surface area contributed by atoms with Crippen LogP contribution in [0.15, 0.2) is 0 Å². The predicted octanol–water partition coefficient (Wildman–Crippen LogP) is -14.0. The van der Waals surface area contributed by atoms with Crippen LogP contribution in [-0.4, -0.2) is 22.4 Å². The van der Waals surface area contributed by atoms with Gasteiger partial charge in [0.25, 0.3) is 0 Å². The van der Waals surface area contributed by atoms with E-state index in [1.165, 1.54) is 0 Å². The van der Waals surface area contributed by atoms with Gasteiger partial charge in [0.1, 0.15) is 0 Å². The first kappa shape index (κ1) is 85.8. The summed E-state index contributed by atoms with van der Waals surface area (Å²) in [5.74, 6) is 0. The van der Waals surface area contributed by atoms with Crippen molar-refractivity contribution in [3.05, 3.63) is 0 Å². The zero-order chi connectivity index (χ0) is 3.58. The van der Waals surface area contributed by atoms with Crippen molar-refractivity contribution in [3.8, 4) is 0 Å². The maximum atomic E-state index is 7.17. The summed E-state index contributed by atoms with van der Waals surface area (Å²) in [6.07, 6.45) is 0. The molecule has 3 nitrogen and oxygen atoms in total. The molecule has 0 amide bonds. The second kappa shape index (κ2) is 68.6. The van der Waals surface area contributed by atoms with Crippen LogP contribution in [0.4, 0.5) is 0 Å². The molecule has 0 atom stereocenters. The van der Waals surface area contributed by atoms with Crippen molar-refractivity contribution in [1.29, 1.82) is 0 Å². The van der Waals surface area contributed by atoms with E-state index >= 15 is 0 Å². The zero-order valence-corrected chi connectivity index (χ0v) is 10.6. The largest absolute Gasteiger partial charge is 1.00 e. The van der Waals surface area contributed by atoms with Gasteiger partial charge in [-0.15, -0.1) is 0 Å². The van der Waals surface area contributed by atoms with E-state index in [0.717, 1.165) is 0 Å². The summed E-state index contributed by atoms with van der Waals surface area (Å²) < 4.78 is 0. The van der Waals surface area contributed by atoms with Crippen LogP contribution in [0.5, 0.6) is 0 Å². The molecule has 3 N–H and O–H groups in total. The number of rotatable bonds is 0. The normalized spacial score (nSPS) is 2.25. The van der Waals surface area contributed by atoms with Gasteiger partial charge in [-0.2, -0.15) is 0 Å². The Morgan fingerprint density at radius 2 is 0.500 bits per heavy atom. The van der Waals surface area contributed by atoms with Gasteiger partial charge in [0.05, 0.1) is 0 Å². The Bertz CT molecular complexity index is 27.0. The fourth-order valence-electron chi connectivity index (χ4n) is 0. The van der Waals surface area contributed by atoms with E-state index in [1.807, 2.05) is 0 Å². The number of hydrogen-bond acceptors (Lipinski definition) is 3. The van der Waals surface area contributed by atoms with Crippen molar-refractivity contribution in [1.82, 2.24) is 0 Å². The van der Waals surface area contributed by atoms with Crippen molar-refractivity contribution in [2.45, 2.75) is 0 Å². The Kier molecular flexibility index (Phi) is 491. The maximum absolute atomic E-state index is 7.17. The van der Waals surface area contributed by atoms with E-state index in [1.54, 1.807) is 0 Å². The van der Waals surface area contributed by atoms with Crippen molar-refractivity contribution in [2.24, 2.45) is 0 Å². The molecule has 0 fully saturated rings. The van der Waals surface area contributed by atoms with Crippen LogP contribution < -0.4 is 18.8 Å². The van der Waals surface area contributed by atoms with Gasteiger partial charge in [-0.25, -0.2) is 0 Å². The van der Waals surface area contributed by atoms with Crippen molar-refractivity contribution in [3.63, 3.8) is 0 Å². The van der Waals surface area contributed by atoms with Crippen LogP contribution in [0.3, 0.4) is 0 Å². The van der Waals surface area contributed by atoms with E-state index in [9.17, 15) is 0 Å². The van der Waals surface area contributed by atoms with E-state index in [0.29, 0.717) is 0 Å². The van der Waals surface area contributed by atoms with Gasteiger partial charge in [0, 0.05) is 0 Å². The SMILES string of the molecule is OB(O)O.[Ag+].[Ag+].[Ag+].[Ag+].[F-].[F-].[F-].[F-]. The average molecular weight is 569 g/mol. The van der Waals surface area contributed by atoms with E-state index in [2.05, 4.69) is 0 Å². The van der Waals surface area contributed by atoms with E-state index < -0.39 is 7.32 Å². The monoisotopic (exact) mass is 566 g/mol. The molecule has 0 saturated carbocycles. The van der Waals surface area contributed by atoms with Crippen LogP contribution in [-0.2, 0) is 89.5 Å². The summed E-state index contributed by atoms with van der Waals surface area (Å²) in [5.41, 5.74) is 0. The van der Waals surface area contributed by atoms with E-state index in [-0.39, 0.29) is 108 Å². The molecule has 0 saturated heterocycles. The number of halogens is 4. The molecule has 0 heterocycles. The van der Waals surface area contributed by atoms with Crippen LogP contribution in [0, 0.1) is 0 Å². The molecule has 0 rings (SSSR count). The molecule has 0 aromatic rings. The minimum absolute atomic E-state index is 0. The summed E-state index contributed by atoms with van der Waals surface area (Å²) in [7, 11) is -2.17. The Balaban J connectivity index is -0.00000000161. The fraction of sp³-hybridized carbons (Fsp3) is 0. The van der Waals surface area contributed by atoms with Gasteiger partial charge < -0.3 is 33.9 Å². The third-order valence-electron chi connectivity index (χ3n) is 0. The predicted molar refractivity (Wildman–Crippen MR) is 12.4 cm³/mol. The molecule has 12 heteroatoms. The van der Waals surface area contributed by atoms with Gasteiger partial charge in [0.15, 0.2) is 0 Å². The molecule has 12 heavy (non-hydrogen) atoms. The molecule has 96 valence electrons. The molecule has 0 aromatic heterocycles. The summed E-state index contributed by atoms with van der Waals surface area (Å²) in [5, 5.41) is 21.5. The zero-order valence-electron chi connectivity index (χ0n) is 4.64. The molecule has 0 aromatic carbocycles. The average Bonchev–Trinajstić information content (AvgIpc) is 0.811. The van der Waals surface area contributed by atoms with E-state index in [4.69, 9.17) is 15.1 Å². The summed E-state index contributed by atoms with van der Waals surface area (Å²) in [4.78, 5) is 0. The van der Waals surface area contributed by atoms with Gasteiger partial charge in [-0.3, -0.25) is 0 Å². The minimum Gasteiger partial charge on any atom is -1.00 e. The summed E-state index contributed by atoms with van der Waals surface area (Å²) in [6.45, 7) is 0. The first-order valence-electron chi connectivity index (χ1n) is 0.775. The summed E-state index contributed by atoms with van der Waals surface area (Å²) >= 11 is 0. The van der Waals surface area contributed by atoms with Crippen LogP contribution in [0.1, 0.15) is 0 Å². The Labute approximate surface area is 129 Å². The van der Waals surface area contributed by atoms with Gasteiger partial charge >= 0.3 is 96.8 Å². The first-order chi connectivity index (χ1) is 1.73. The summed E-state index contributed by atoms with van der Waals surface area (Å²) in [6, 6.07) is 0. The Morgan fingerprint density at radius 3 is 0.500 bits per heavy atom. The van der Waals surface area contributed by atoms with Crippen LogP contribution >= 0.6 is 0 Å². The number of hydrogen-bond donors (Lipinski definition) is 3. The first-order valence-corrected chi connectivity index (χ1v) is 0.775. The molecule has 0 bridgehead atoms. The van der Waals surface area contributed by atoms with Crippen LogP contribution in [0.25, 0.3) is 0 Å². The molecular weight excluding hydrogens is 566 g/mol. The quantitative estimate of drug-likeness (QED) is 0.201. The Morgan fingerprint density at radius 1 is 0.500 bits per heavy atom. The van der Waals surface area contributed by atoms with Crippen molar-refractivity contribution in [2.75, 3.05) is 0 Å². The molecule has 0 aliphatic heterocycles. The second-order valence-corrected chi connectivity index (χ2v) is 0.346. The third-order valence-corrected chi connectivity index (χ3v) is 0.